The molecule has 2 rings (SSSR count). The van der Waals surface area contributed by atoms with E-state index < -0.39 is 0 Å². The lowest BCUT2D eigenvalue weighted by Crippen LogP contribution is -2.16. The number of rotatable bonds is 3. The summed E-state index contributed by atoms with van der Waals surface area (Å²) in [6.45, 7) is 1.58. The molecule has 1 aliphatic rings. The Morgan fingerprint density at radius 3 is 2.85 bits per heavy atom. The van der Waals surface area contributed by atoms with E-state index >= 15 is 0 Å². The molecule has 0 spiro atoms. The van der Waals surface area contributed by atoms with Crippen LogP contribution in [-0.4, -0.2) is 19.3 Å². The van der Waals surface area contributed by atoms with Crippen molar-refractivity contribution in [1.29, 1.82) is 0 Å². The fourth-order valence-corrected chi connectivity index (χ4v) is 1.48. The van der Waals surface area contributed by atoms with Gasteiger partial charge in [-0.3, -0.25) is 0 Å². The Hall–Kier alpha value is -1.02. The number of ether oxygens (including phenoxy) is 2. The lowest BCUT2D eigenvalue weighted by Gasteiger charge is -2.10. The van der Waals surface area contributed by atoms with Gasteiger partial charge in [-0.25, -0.2) is 0 Å². The van der Waals surface area contributed by atoms with Crippen LogP contribution in [0.4, 0.5) is 0 Å². The van der Waals surface area contributed by atoms with Gasteiger partial charge in [0.25, 0.3) is 0 Å². The third-order valence-electron chi connectivity index (χ3n) is 2.20. The first-order chi connectivity index (χ1) is 6.45. The van der Waals surface area contributed by atoms with Gasteiger partial charge in [-0.1, -0.05) is 18.2 Å². The highest BCUT2D eigenvalue weighted by Crippen LogP contribution is 2.14. The van der Waals surface area contributed by atoms with Crippen LogP contribution in [0.15, 0.2) is 30.3 Å². The summed E-state index contributed by atoms with van der Waals surface area (Å²) in [6.07, 6.45) is 2.61. The highest BCUT2D eigenvalue weighted by Gasteiger charge is 2.15. The average molecular weight is 178 g/mol. The maximum absolute atomic E-state index is 5.56. The van der Waals surface area contributed by atoms with E-state index in [0.29, 0.717) is 12.7 Å². The van der Waals surface area contributed by atoms with Crippen LogP contribution in [0.2, 0.25) is 0 Å². The van der Waals surface area contributed by atoms with Crippen molar-refractivity contribution in [3.05, 3.63) is 30.3 Å². The van der Waals surface area contributed by atoms with Gasteiger partial charge in [0.1, 0.15) is 12.4 Å². The summed E-state index contributed by atoms with van der Waals surface area (Å²) in [5.41, 5.74) is 0. The third kappa shape index (κ3) is 2.46. The molecule has 0 unspecified atom stereocenters. The quantitative estimate of drug-likeness (QED) is 0.706. The zero-order chi connectivity index (χ0) is 8.93. The SMILES string of the molecule is c1ccc(OC[C@@H]2CCCO2)cc1. The number of benzene rings is 1. The molecule has 1 atom stereocenters. The van der Waals surface area contributed by atoms with Gasteiger partial charge in [0.2, 0.25) is 0 Å². The summed E-state index contributed by atoms with van der Waals surface area (Å²) >= 11 is 0. The summed E-state index contributed by atoms with van der Waals surface area (Å²) < 4.78 is 11.0. The predicted octanol–water partition coefficient (Wildman–Crippen LogP) is 2.24. The van der Waals surface area contributed by atoms with Crippen molar-refractivity contribution in [2.45, 2.75) is 18.9 Å². The van der Waals surface area contributed by atoms with Gasteiger partial charge >= 0.3 is 0 Å². The van der Waals surface area contributed by atoms with Crippen molar-refractivity contribution < 1.29 is 9.47 Å². The van der Waals surface area contributed by atoms with Crippen LogP contribution in [-0.2, 0) is 4.74 Å². The monoisotopic (exact) mass is 178 g/mol. The summed E-state index contributed by atoms with van der Waals surface area (Å²) in [7, 11) is 0. The smallest absolute Gasteiger partial charge is 0.119 e. The standard InChI is InChI=1S/C11H14O2/c1-2-5-10(6-3-1)13-9-11-7-4-8-12-11/h1-3,5-6,11H,4,7-9H2/t11-/m0/s1. The average Bonchev–Trinajstić information content (AvgIpc) is 2.69. The number of hydrogen-bond acceptors (Lipinski definition) is 2. The molecular formula is C11H14O2. The van der Waals surface area contributed by atoms with Crippen molar-refractivity contribution >= 4 is 0 Å². The Morgan fingerprint density at radius 1 is 1.31 bits per heavy atom. The van der Waals surface area contributed by atoms with Crippen LogP contribution < -0.4 is 4.74 Å². The van der Waals surface area contributed by atoms with Gasteiger partial charge in [0.15, 0.2) is 0 Å². The molecule has 1 aromatic rings. The van der Waals surface area contributed by atoms with E-state index in [1.54, 1.807) is 0 Å². The molecule has 1 heterocycles. The molecule has 0 aromatic heterocycles. The van der Waals surface area contributed by atoms with E-state index in [1.807, 2.05) is 30.3 Å². The minimum atomic E-state index is 0.306. The molecule has 0 radical (unpaired) electrons. The van der Waals surface area contributed by atoms with E-state index in [0.717, 1.165) is 18.8 Å². The van der Waals surface area contributed by atoms with Crippen LogP contribution in [0.3, 0.4) is 0 Å². The molecule has 70 valence electrons. The van der Waals surface area contributed by atoms with E-state index in [9.17, 15) is 0 Å². The van der Waals surface area contributed by atoms with E-state index in [1.165, 1.54) is 6.42 Å². The number of hydrogen-bond donors (Lipinski definition) is 0. The van der Waals surface area contributed by atoms with Crippen molar-refractivity contribution in [1.82, 2.24) is 0 Å². The molecule has 0 amide bonds. The normalized spacial score (nSPS) is 21.7. The Labute approximate surface area is 78.5 Å². The lowest BCUT2D eigenvalue weighted by molar-refractivity contribution is 0.0679. The predicted molar refractivity (Wildman–Crippen MR) is 50.9 cm³/mol. The molecule has 1 aliphatic heterocycles. The summed E-state index contributed by atoms with van der Waals surface area (Å²) in [5.74, 6) is 0.929. The second-order valence-corrected chi connectivity index (χ2v) is 3.26. The lowest BCUT2D eigenvalue weighted by atomic mass is 10.2. The molecule has 1 aromatic carbocycles. The molecule has 2 heteroatoms. The second kappa shape index (κ2) is 4.28. The van der Waals surface area contributed by atoms with Gasteiger partial charge in [0, 0.05) is 6.61 Å². The second-order valence-electron chi connectivity index (χ2n) is 3.26. The minimum absolute atomic E-state index is 0.306. The van der Waals surface area contributed by atoms with E-state index in [-0.39, 0.29) is 0 Å². The fraction of sp³-hybridized carbons (Fsp3) is 0.455. The highest BCUT2D eigenvalue weighted by molar-refractivity contribution is 5.20. The summed E-state index contributed by atoms with van der Waals surface area (Å²) in [5, 5.41) is 0. The topological polar surface area (TPSA) is 18.5 Å². The molecular weight excluding hydrogens is 164 g/mol. The molecule has 2 nitrogen and oxygen atoms in total. The van der Waals surface area contributed by atoms with Crippen molar-refractivity contribution in [2.24, 2.45) is 0 Å². The summed E-state index contributed by atoms with van der Waals surface area (Å²) in [4.78, 5) is 0. The first-order valence-corrected chi connectivity index (χ1v) is 4.74. The van der Waals surface area contributed by atoms with Gasteiger partial charge < -0.3 is 9.47 Å². The van der Waals surface area contributed by atoms with Crippen LogP contribution >= 0.6 is 0 Å². The third-order valence-corrected chi connectivity index (χ3v) is 2.20. The number of para-hydroxylation sites is 1. The first kappa shape index (κ1) is 8.57. The molecule has 0 bridgehead atoms. The Morgan fingerprint density at radius 2 is 2.15 bits per heavy atom. The first-order valence-electron chi connectivity index (χ1n) is 4.74. The van der Waals surface area contributed by atoms with Crippen molar-refractivity contribution in [2.75, 3.05) is 13.2 Å². The van der Waals surface area contributed by atoms with Gasteiger partial charge in [-0.2, -0.15) is 0 Å². The fourth-order valence-electron chi connectivity index (χ4n) is 1.48. The Balaban J connectivity index is 1.79. The molecule has 1 saturated heterocycles. The molecule has 0 N–H and O–H groups in total. The zero-order valence-electron chi connectivity index (χ0n) is 7.61. The minimum Gasteiger partial charge on any atom is -0.491 e. The molecule has 1 fully saturated rings. The maximum atomic E-state index is 5.56. The van der Waals surface area contributed by atoms with Gasteiger partial charge in [-0.05, 0) is 25.0 Å². The van der Waals surface area contributed by atoms with Gasteiger partial charge in [-0.15, -0.1) is 0 Å². The largest absolute Gasteiger partial charge is 0.491 e. The van der Waals surface area contributed by atoms with E-state index in [4.69, 9.17) is 9.47 Å². The van der Waals surface area contributed by atoms with Gasteiger partial charge in [0.05, 0.1) is 6.10 Å². The van der Waals surface area contributed by atoms with Crippen molar-refractivity contribution in [3.63, 3.8) is 0 Å². The summed E-state index contributed by atoms with van der Waals surface area (Å²) in [6, 6.07) is 9.87. The molecule has 0 aliphatic carbocycles. The van der Waals surface area contributed by atoms with Crippen LogP contribution in [0.1, 0.15) is 12.8 Å². The Bertz CT molecular complexity index is 240. The van der Waals surface area contributed by atoms with Crippen LogP contribution in [0.25, 0.3) is 0 Å². The molecule has 13 heavy (non-hydrogen) atoms. The zero-order valence-corrected chi connectivity index (χ0v) is 7.61. The highest BCUT2D eigenvalue weighted by atomic mass is 16.5. The maximum Gasteiger partial charge on any atom is 0.119 e. The van der Waals surface area contributed by atoms with E-state index in [2.05, 4.69) is 0 Å². The Kier molecular flexibility index (Phi) is 2.82. The van der Waals surface area contributed by atoms with Crippen LogP contribution in [0.5, 0.6) is 5.75 Å². The molecule has 0 saturated carbocycles. The van der Waals surface area contributed by atoms with Crippen LogP contribution in [0, 0.1) is 0 Å². The van der Waals surface area contributed by atoms with Crippen molar-refractivity contribution in [3.8, 4) is 5.75 Å².